The van der Waals surface area contributed by atoms with Crippen LogP contribution in [0.5, 0.6) is 0 Å². The number of thioether (sulfide) groups is 1. The van der Waals surface area contributed by atoms with Gasteiger partial charge in [-0.25, -0.2) is 4.98 Å². The first-order chi connectivity index (χ1) is 9.70. The van der Waals surface area contributed by atoms with Gasteiger partial charge in [0.15, 0.2) is 0 Å². The smallest absolute Gasteiger partial charge is 0.258 e. The summed E-state index contributed by atoms with van der Waals surface area (Å²) < 4.78 is 1.73. The van der Waals surface area contributed by atoms with Gasteiger partial charge in [-0.05, 0) is 12.0 Å². The third kappa shape index (κ3) is 2.29. The number of hydrogen-bond acceptors (Lipinski definition) is 3. The Balaban J connectivity index is 1.97. The second kappa shape index (κ2) is 5.44. The van der Waals surface area contributed by atoms with Gasteiger partial charge in [0, 0.05) is 11.2 Å². The average molecular weight is 286 g/mol. The molecule has 0 bridgehead atoms. The van der Waals surface area contributed by atoms with E-state index in [-0.39, 0.29) is 5.56 Å². The zero-order valence-electron chi connectivity index (χ0n) is 11.7. The van der Waals surface area contributed by atoms with Crippen molar-refractivity contribution in [3.63, 3.8) is 0 Å². The van der Waals surface area contributed by atoms with Crippen molar-refractivity contribution in [3.8, 4) is 0 Å². The van der Waals surface area contributed by atoms with Crippen LogP contribution in [-0.4, -0.2) is 14.8 Å². The molecule has 1 aliphatic rings. The Hall–Kier alpha value is -1.55. The maximum absolute atomic E-state index is 12.6. The van der Waals surface area contributed by atoms with Crippen LogP contribution in [-0.2, 0) is 6.54 Å². The van der Waals surface area contributed by atoms with E-state index in [4.69, 9.17) is 0 Å². The third-order valence-electron chi connectivity index (χ3n) is 3.91. The predicted octanol–water partition coefficient (Wildman–Crippen LogP) is 3.28. The molecule has 0 saturated heterocycles. The largest absolute Gasteiger partial charge is 0.294 e. The van der Waals surface area contributed by atoms with Gasteiger partial charge in [0.2, 0.25) is 0 Å². The summed E-state index contributed by atoms with van der Waals surface area (Å²) in [6.07, 6.45) is 2.76. The SMILES string of the molecule is CCC1Sc2ncn(Cc3ccccc3)c(=O)c2C1C. The molecule has 104 valence electrons. The molecule has 2 unspecified atom stereocenters. The van der Waals surface area contributed by atoms with Gasteiger partial charge in [-0.15, -0.1) is 11.8 Å². The van der Waals surface area contributed by atoms with Gasteiger partial charge >= 0.3 is 0 Å². The minimum absolute atomic E-state index is 0.120. The summed E-state index contributed by atoms with van der Waals surface area (Å²) in [4.78, 5) is 17.1. The highest BCUT2D eigenvalue weighted by Gasteiger charge is 2.32. The van der Waals surface area contributed by atoms with Gasteiger partial charge in [0.05, 0.1) is 18.4 Å². The standard InChI is InChI=1S/C16H18N2OS/c1-3-13-11(2)14-15(20-13)17-10-18(16(14)19)9-12-7-5-4-6-8-12/h4-8,10-11,13H,3,9H2,1-2H3. The summed E-state index contributed by atoms with van der Waals surface area (Å²) in [6, 6.07) is 10.0. The predicted molar refractivity (Wildman–Crippen MR) is 82.4 cm³/mol. The van der Waals surface area contributed by atoms with Gasteiger partial charge in [-0.2, -0.15) is 0 Å². The number of hydrogen-bond donors (Lipinski definition) is 0. The number of aromatic nitrogens is 2. The van der Waals surface area contributed by atoms with Crippen molar-refractivity contribution in [1.29, 1.82) is 0 Å². The van der Waals surface area contributed by atoms with Crippen LogP contribution in [0, 0.1) is 0 Å². The Bertz CT molecular complexity index is 666. The van der Waals surface area contributed by atoms with Crippen LogP contribution in [0.3, 0.4) is 0 Å². The molecule has 0 saturated carbocycles. The topological polar surface area (TPSA) is 34.9 Å². The first-order valence-electron chi connectivity index (χ1n) is 7.00. The minimum Gasteiger partial charge on any atom is -0.294 e. The highest BCUT2D eigenvalue weighted by atomic mass is 32.2. The highest BCUT2D eigenvalue weighted by Crippen LogP contribution is 2.43. The first kappa shape index (κ1) is 13.4. The van der Waals surface area contributed by atoms with Crippen LogP contribution in [0.15, 0.2) is 46.5 Å². The van der Waals surface area contributed by atoms with Gasteiger partial charge in [0.1, 0.15) is 5.03 Å². The third-order valence-corrected chi connectivity index (χ3v) is 5.50. The quantitative estimate of drug-likeness (QED) is 0.812. The molecular weight excluding hydrogens is 268 g/mol. The molecule has 0 amide bonds. The lowest BCUT2D eigenvalue weighted by Crippen LogP contribution is -2.26. The fourth-order valence-corrected chi connectivity index (χ4v) is 4.04. The van der Waals surface area contributed by atoms with E-state index in [0.29, 0.717) is 17.7 Å². The molecule has 0 N–H and O–H groups in total. The van der Waals surface area contributed by atoms with Gasteiger partial charge in [-0.1, -0.05) is 44.2 Å². The Labute approximate surface area is 123 Å². The summed E-state index contributed by atoms with van der Waals surface area (Å²) in [6.45, 7) is 4.90. The number of rotatable bonds is 3. The molecular formula is C16H18N2OS. The van der Waals surface area contributed by atoms with Crippen molar-refractivity contribution >= 4 is 11.8 Å². The van der Waals surface area contributed by atoms with Gasteiger partial charge in [-0.3, -0.25) is 9.36 Å². The molecule has 2 atom stereocenters. The molecule has 4 heteroatoms. The fourth-order valence-electron chi connectivity index (χ4n) is 2.73. The normalized spacial score (nSPS) is 20.9. The molecule has 2 heterocycles. The van der Waals surface area contributed by atoms with Crippen molar-refractivity contribution < 1.29 is 0 Å². The second-order valence-electron chi connectivity index (χ2n) is 5.24. The monoisotopic (exact) mass is 286 g/mol. The molecule has 0 fully saturated rings. The van der Waals surface area contributed by atoms with Crippen molar-refractivity contribution in [2.75, 3.05) is 0 Å². The lowest BCUT2D eigenvalue weighted by molar-refractivity contribution is 0.644. The molecule has 0 spiro atoms. The van der Waals surface area contributed by atoms with Crippen LogP contribution in [0.25, 0.3) is 0 Å². The molecule has 0 aliphatic carbocycles. The van der Waals surface area contributed by atoms with E-state index in [1.807, 2.05) is 30.3 Å². The van der Waals surface area contributed by atoms with Crippen molar-refractivity contribution in [3.05, 3.63) is 58.1 Å². The fraction of sp³-hybridized carbons (Fsp3) is 0.375. The number of benzene rings is 1. The molecule has 1 aromatic heterocycles. The second-order valence-corrected chi connectivity index (χ2v) is 6.46. The zero-order valence-corrected chi connectivity index (χ0v) is 12.6. The Morgan fingerprint density at radius 3 is 2.75 bits per heavy atom. The average Bonchev–Trinajstić information content (AvgIpc) is 2.80. The number of nitrogens with zero attached hydrogens (tertiary/aromatic N) is 2. The van der Waals surface area contributed by atoms with Crippen LogP contribution in [0.4, 0.5) is 0 Å². The molecule has 3 nitrogen and oxygen atoms in total. The lowest BCUT2D eigenvalue weighted by atomic mass is 9.99. The highest BCUT2D eigenvalue weighted by molar-refractivity contribution is 8.00. The maximum atomic E-state index is 12.6. The van der Waals surface area contributed by atoms with E-state index in [1.165, 1.54) is 0 Å². The summed E-state index contributed by atoms with van der Waals surface area (Å²) in [5.74, 6) is 0.295. The lowest BCUT2D eigenvalue weighted by Gasteiger charge is -2.11. The summed E-state index contributed by atoms with van der Waals surface area (Å²) in [5.41, 5.74) is 2.15. The van der Waals surface area contributed by atoms with Gasteiger partial charge < -0.3 is 0 Å². The molecule has 2 aromatic rings. The van der Waals surface area contributed by atoms with E-state index in [2.05, 4.69) is 18.8 Å². The van der Waals surface area contributed by atoms with Gasteiger partial charge in [0.25, 0.3) is 5.56 Å². The molecule has 0 radical (unpaired) electrons. The minimum atomic E-state index is 0.120. The van der Waals surface area contributed by atoms with Crippen LogP contribution in [0.1, 0.15) is 37.3 Å². The first-order valence-corrected chi connectivity index (χ1v) is 7.88. The molecule has 20 heavy (non-hydrogen) atoms. The Morgan fingerprint density at radius 1 is 1.30 bits per heavy atom. The van der Waals surface area contributed by atoms with E-state index in [9.17, 15) is 4.79 Å². The molecule has 1 aliphatic heterocycles. The summed E-state index contributed by atoms with van der Waals surface area (Å²) >= 11 is 1.75. The molecule has 1 aromatic carbocycles. The number of fused-ring (bicyclic) bond motifs is 1. The van der Waals surface area contributed by atoms with Crippen molar-refractivity contribution in [1.82, 2.24) is 9.55 Å². The van der Waals surface area contributed by atoms with E-state index >= 15 is 0 Å². The maximum Gasteiger partial charge on any atom is 0.258 e. The Kier molecular flexibility index (Phi) is 3.66. The van der Waals surface area contributed by atoms with E-state index < -0.39 is 0 Å². The van der Waals surface area contributed by atoms with Crippen LogP contribution < -0.4 is 5.56 Å². The van der Waals surface area contributed by atoms with E-state index in [1.54, 1.807) is 22.7 Å². The molecule has 3 rings (SSSR count). The Morgan fingerprint density at radius 2 is 2.05 bits per heavy atom. The van der Waals surface area contributed by atoms with Crippen molar-refractivity contribution in [2.24, 2.45) is 0 Å². The summed E-state index contributed by atoms with van der Waals surface area (Å²) in [7, 11) is 0. The zero-order chi connectivity index (χ0) is 14.1. The van der Waals surface area contributed by atoms with Crippen LogP contribution in [0.2, 0.25) is 0 Å². The summed E-state index contributed by atoms with van der Waals surface area (Å²) in [5, 5.41) is 1.41. The van der Waals surface area contributed by atoms with Crippen molar-refractivity contribution in [2.45, 2.75) is 43.0 Å². The van der Waals surface area contributed by atoms with Crippen LogP contribution >= 0.6 is 11.8 Å². The van der Waals surface area contributed by atoms with E-state index in [0.717, 1.165) is 22.6 Å².